The number of hydrogen-bond donors (Lipinski definition) is 1. The lowest BCUT2D eigenvalue weighted by molar-refractivity contribution is 0.277. The molecule has 19 heavy (non-hydrogen) atoms. The summed E-state index contributed by atoms with van der Waals surface area (Å²) in [6.07, 6.45) is 1.83. The molecule has 0 aliphatic heterocycles. The minimum absolute atomic E-state index is 0.0729. The van der Waals surface area contributed by atoms with E-state index in [-0.39, 0.29) is 18.7 Å². The molecule has 1 heterocycles. The first kappa shape index (κ1) is 15.6. The van der Waals surface area contributed by atoms with E-state index in [0.29, 0.717) is 22.4 Å². The number of hydrogen-bond acceptors (Lipinski definition) is 4. The van der Waals surface area contributed by atoms with Crippen LogP contribution in [0.3, 0.4) is 0 Å². The molecule has 0 amide bonds. The average molecular weight is 330 g/mol. The van der Waals surface area contributed by atoms with Gasteiger partial charge in [0.25, 0.3) is 5.56 Å². The Morgan fingerprint density at radius 3 is 2.68 bits per heavy atom. The number of rotatable bonds is 5. The summed E-state index contributed by atoms with van der Waals surface area (Å²) in [4.78, 5) is 28.3. The third-order valence-electron chi connectivity index (χ3n) is 2.66. The van der Waals surface area contributed by atoms with Gasteiger partial charge in [0.05, 0.1) is 5.56 Å². The first-order valence-corrected chi connectivity index (χ1v) is 6.51. The molecule has 0 atom stereocenters. The minimum Gasteiger partial charge on any atom is -0.396 e. The van der Waals surface area contributed by atoms with Crippen molar-refractivity contribution in [1.29, 1.82) is 0 Å². The summed E-state index contributed by atoms with van der Waals surface area (Å²) < 4.78 is 2.85. The van der Waals surface area contributed by atoms with E-state index in [1.165, 1.54) is 10.6 Å². The van der Waals surface area contributed by atoms with Gasteiger partial charge in [-0.15, -0.1) is 0 Å². The maximum atomic E-state index is 12.1. The fraction of sp³-hybridized carbons (Fsp3) is 0.417. The zero-order chi connectivity index (χ0) is 14.6. The molecular formula is C12H16BrN3O3. The van der Waals surface area contributed by atoms with Gasteiger partial charge in [0.15, 0.2) is 0 Å². The molecule has 6 nitrogen and oxygen atoms in total. The molecular weight excluding hydrogens is 314 g/mol. The quantitative estimate of drug-likeness (QED) is 0.813. The van der Waals surface area contributed by atoms with Gasteiger partial charge in [-0.3, -0.25) is 13.9 Å². The Bertz CT molecular complexity index is 591. The van der Waals surface area contributed by atoms with Crippen molar-refractivity contribution in [3.05, 3.63) is 39.1 Å². The van der Waals surface area contributed by atoms with E-state index in [1.54, 1.807) is 14.0 Å². The fourth-order valence-electron chi connectivity index (χ4n) is 1.64. The highest BCUT2D eigenvalue weighted by molar-refractivity contribution is 9.18. The molecule has 0 radical (unpaired) electrons. The predicted molar refractivity (Wildman–Crippen MR) is 78.6 cm³/mol. The fourth-order valence-corrected chi connectivity index (χ4v) is 1.81. The standard InChI is InChI=1S/C12H16BrN3O3/c1-4-9(13)14-10-8(2)11(18)16(6-5-7-17)12(19)15(10)3/h4,17H,1,5-7H2,2-3H3/b14-9+. The van der Waals surface area contributed by atoms with E-state index in [4.69, 9.17) is 5.11 Å². The second-order valence-corrected chi connectivity index (χ2v) is 4.78. The molecule has 0 aliphatic carbocycles. The van der Waals surface area contributed by atoms with Crippen LogP contribution in [0, 0.1) is 6.92 Å². The molecule has 104 valence electrons. The van der Waals surface area contributed by atoms with E-state index in [9.17, 15) is 9.59 Å². The van der Waals surface area contributed by atoms with Gasteiger partial charge in [0.2, 0.25) is 0 Å². The van der Waals surface area contributed by atoms with E-state index in [2.05, 4.69) is 27.5 Å². The third-order valence-corrected chi connectivity index (χ3v) is 3.16. The highest BCUT2D eigenvalue weighted by atomic mass is 79.9. The van der Waals surface area contributed by atoms with Gasteiger partial charge < -0.3 is 5.11 Å². The van der Waals surface area contributed by atoms with Crippen molar-refractivity contribution < 1.29 is 5.11 Å². The van der Waals surface area contributed by atoms with E-state index < -0.39 is 5.69 Å². The van der Waals surface area contributed by atoms with Crippen LogP contribution in [-0.4, -0.2) is 25.5 Å². The van der Waals surface area contributed by atoms with Gasteiger partial charge in [-0.05, 0) is 35.4 Å². The van der Waals surface area contributed by atoms with Crippen LogP contribution in [0.4, 0.5) is 5.82 Å². The first-order chi connectivity index (χ1) is 8.93. The Morgan fingerprint density at radius 2 is 2.16 bits per heavy atom. The number of aliphatic imine (C=N–C) groups is 1. The Balaban J connectivity index is 3.52. The maximum absolute atomic E-state index is 12.1. The van der Waals surface area contributed by atoms with Crippen molar-refractivity contribution in [3.8, 4) is 0 Å². The van der Waals surface area contributed by atoms with Gasteiger partial charge in [-0.2, -0.15) is 0 Å². The SMILES string of the molecule is C=C/C(Br)=N\c1c(C)c(=O)n(CCCO)c(=O)n1C. The highest BCUT2D eigenvalue weighted by Gasteiger charge is 2.13. The van der Waals surface area contributed by atoms with E-state index in [0.717, 1.165) is 4.57 Å². The van der Waals surface area contributed by atoms with Crippen LogP contribution < -0.4 is 11.2 Å². The zero-order valence-corrected chi connectivity index (χ0v) is 12.5. The van der Waals surface area contributed by atoms with Crippen LogP contribution in [0.5, 0.6) is 0 Å². The number of halogens is 1. The summed E-state index contributed by atoms with van der Waals surface area (Å²) in [7, 11) is 1.55. The number of aliphatic hydroxyl groups is 1. The number of aliphatic hydroxyl groups excluding tert-OH is 1. The molecule has 0 fully saturated rings. The van der Waals surface area contributed by atoms with Crippen molar-refractivity contribution >= 4 is 26.4 Å². The van der Waals surface area contributed by atoms with Crippen LogP contribution in [-0.2, 0) is 13.6 Å². The summed E-state index contributed by atoms with van der Waals surface area (Å²) in [5.74, 6) is 0.294. The molecule has 0 aromatic carbocycles. The molecule has 0 bridgehead atoms. The summed E-state index contributed by atoms with van der Waals surface area (Å²) in [6, 6.07) is 0. The predicted octanol–water partition coefficient (Wildman–Crippen LogP) is 0.849. The topological polar surface area (TPSA) is 76.6 Å². The maximum Gasteiger partial charge on any atom is 0.332 e. The molecule has 7 heteroatoms. The normalized spacial score (nSPS) is 11.7. The second kappa shape index (κ2) is 6.63. The average Bonchev–Trinajstić information content (AvgIpc) is 2.41. The lowest BCUT2D eigenvalue weighted by atomic mass is 10.3. The smallest absolute Gasteiger partial charge is 0.332 e. The third kappa shape index (κ3) is 3.30. The number of aromatic nitrogens is 2. The van der Waals surface area contributed by atoms with Gasteiger partial charge in [-0.1, -0.05) is 6.58 Å². The van der Waals surface area contributed by atoms with Crippen LogP contribution in [0.1, 0.15) is 12.0 Å². The lowest BCUT2D eigenvalue weighted by Gasteiger charge is -2.11. The largest absolute Gasteiger partial charge is 0.396 e. The summed E-state index contributed by atoms with van der Waals surface area (Å²) in [5, 5.41) is 8.79. The van der Waals surface area contributed by atoms with Crippen molar-refractivity contribution in [2.45, 2.75) is 19.9 Å². The molecule has 0 spiro atoms. The zero-order valence-electron chi connectivity index (χ0n) is 10.9. The molecule has 0 unspecified atom stereocenters. The van der Waals surface area contributed by atoms with Gasteiger partial charge in [0, 0.05) is 20.2 Å². The molecule has 1 rings (SSSR count). The van der Waals surface area contributed by atoms with Crippen molar-refractivity contribution in [3.63, 3.8) is 0 Å². The van der Waals surface area contributed by atoms with Crippen molar-refractivity contribution in [1.82, 2.24) is 9.13 Å². The first-order valence-electron chi connectivity index (χ1n) is 5.72. The molecule has 1 N–H and O–H groups in total. The van der Waals surface area contributed by atoms with Crippen molar-refractivity contribution in [2.24, 2.45) is 12.0 Å². The Kier molecular flexibility index (Phi) is 5.44. The van der Waals surface area contributed by atoms with Crippen molar-refractivity contribution in [2.75, 3.05) is 6.61 Å². The van der Waals surface area contributed by atoms with E-state index in [1.807, 2.05) is 0 Å². The molecule has 0 saturated heterocycles. The minimum atomic E-state index is -0.452. The van der Waals surface area contributed by atoms with Crippen LogP contribution in [0.25, 0.3) is 0 Å². The number of allylic oxidation sites excluding steroid dienone is 1. The molecule has 0 saturated carbocycles. The Labute approximate surface area is 118 Å². The van der Waals surface area contributed by atoms with Crippen LogP contribution in [0.15, 0.2) is 27.2 Å². The molecule has 1 aromatic rings. The van der Waals surface area contributed by atoms with Gasteiger partial charge in [0.1, 0.15) is 10.4 Å². The van der Waals surface area contributed by atoms with Crippen LogP contribution >= 0.6 is 15.9 Å². The summed E-state index contributed by atoms with van der Waals surface area (Å²) in [6.45, 7) is 5.27. The molecule has 1 aromatic heterocycles. The number of nitrogens with zero attached hydrogens (tertiary/aromatic N) is 3. The lowest BCUT2D eigenvalue weighted by Crippen LogP contribution is -2.40. The Hall–Kier alpha value is -1.47. The Morgan fingerprint density at radius 1 is 1.53 bits per heavy atom. The monoisotopic (exact) mass is 329 g/mol. The van der Waals surface area contributed by atoms with E-state index >= 15 is 0 Å². The second-order valence-electron chi connectivity index (χ2n) is 3.96. The summed E-state index contributed by atoms with van der Waals surface area (Å²) in [5.41, 5.74) is -0.467. The van der Waals surface area contributed by atoms with Gasteiger partial charge in [-0.25, -0.2) is 9.79 Å². The highest BCUT2D eigenvalue weighted by Crippen LogP contribution is 2.13. The summed E-state index contributed by atoms with van der Waals surface area (Å²) >= 11 is 3.17. The van der Waals surface area contributed by atoms with Gasteiger partial charge >= 0.3 is 5.69 Å². The van der Waals surface area contributed by atoms with Crippen LogP contribution in [0.2, 0.25) is 0 Å². The molecule has 0 aliphatic rings.